The van der Waals surface area contributed by atoms with Crippen molar-refractivity contribution < 1.29 is 8.42 Å². The molecule has 0 spiro atoms. The van der Waals surface area contributed by atoms with Gasteiger partial charge in [0.2, 0.25) is 10.0 Å². The fourth-order valence-corrected chi connectivity index (χ4v) is 4.50. The predicted octanol–water partition coefficient (Wildman–Crippen LogP) is 3.72. The fourth-order valence-electron chi connectivity index (χ4n) is 2.80. The Morgan fingerprint density at radius 3 is 2.22 bits per heavy atom. The molecule has 2 aromatic rings. The second-order valence-electron chi connectivity index (χ2n) is 5.87. The fraction of sp³-hybridized carbons (Fsp3) is 0.444. The molecule has 0 atom stereocenters. The third-order valence-corrected chi connectivity index (χ3v) is 6.10. The third-order valence-electron chi connectivity index (χ3n) is 4.07. The molecule has 5 heteroatoms. The van der Waals surface area contributed by atoms with Gasteiger partial charge in [0.05, 0.1) is 4.90 Å². The van der Waals surface area contributed by atoms with Gasteiger partial charge in [0, 0.05) is 43.6 Å². The van der Waals surface area contributed by atoms with Gasteiger partial charge in [0.25, 0.3) is 0 Å². The van der Waals surface area contributed by atoms with Crippen molar-refractivity contribution in [3.63, 3.8) is 0 Å². The highest BCUT2D eigenvalue weighted by Crippen LogP contribution is 2.31. The van der Waals surface area contributed by atoms with Crippen molar-refractivity contribution in [1.29, 1.82) is 0 Å². The van der Waals surface area contributed by atoms with E-state index >= 15 is 0 Å². The van der Waals surface area contributed by atoms with E-state index in [0.29, 0.717) is 18.0 Å². The molecule has 0 saturated heterocycles. The summed E-state index contributed by atoms with van der Waals surface area (Å²) in [5, 5.41) is 1.75. The predicted molar refractivity (Wildman–Crippen MR) is 97.6 cm³/mol. The first-order chi connectivity index (χ1) is 10.9. The van der Waals surface area contributed by atoms with Crippen LogP contribution in [-0.4, -0.2) is 39.9 Å². The van der Waals surface area contributed by atoms with Crippen molar-refractivity contribution in [3.05, 3.63) is 36.4 Å². The first-order valence-electron chi connectivity index (χ1n) is 8.12. The first-order valence-corrected chi connectivity index (χ1v) is 9.56. The molecule has 0 radical (unpaired) electrons. The minimum atomic E-state index is -3.48. The number of sulfonamides is 1. The zero-order chi connectivity index (χ0) is 17.0. The molecule has 0 saturated carbocycles. The number of benzene rings is 2. The van der Waals surface area contributed by atoms with Crippen LogP contribution in [0.1, 0.15) is 26.7 Å². The molecule has 0 heterocycles. The van der Waals surface area contributed by atoms with Crippen LogP contribution in [0.15, 0.2) is 41.3 Å². The van der Waals surface area contributed by atoms with E-state index in [4.69, 9.17) is 0 Å². The number of hydrogen-bond donors (Lipinski definition) is 0. The molecule has 2 rings (SSSR count). The Kier molecular flexibility index (Phi) is 5.65. The Hall–Kier alpha value is -1.59. The molecule has 0 aliphatic carbocycles. The standard InChI is InChI=1S/C18H26N2O2S/c1-5-7-14-20(6-2)23(21,22)18-13-9-10-15-16(18)11-8-12-17(15)19(3)4/h8-13H,5-7,14H2,1-4H3. The topological polar surface area (TPSA) is 40.6 Å². The summed E-state index contributed by atoms with van der Waals surface area (Å²) in [5.74, 6) is 0. The minimum Gasteiger partial charge on any atom is -0.377 e. The van der Waals surface area contributed by atoms with Crippen molar-refractivity contribution in [3.8, 4) is 0 Å². The van der Waals surface area contributed by atoms with Crippen molar-refractivity contribution in [2.45, 2.75) is 31.6 Å². The summed E-state index contributed by atoms with van der Waals surface area (Å²) in [4.78, 5) is 2.41. The Morgan fingerprint density at radius 1 is 0.957 bits per heavy atom. The van der Waals surface area contributed by atoms with Crippen LogP contribution >= 0.6 is 0 Å². The molecule has 0 aliphatic rings. The minimum absolute atomic E-state index is 0.400. The van der Waals surface area contributed by atoms with Gasteiger partial charge >= 0.3 is 0 Å². The van der Waals surface area contributed by atoms with E-state index in [0.717, 1.165) is 29.3 Å². The summed E-state index contributed by atoms with van der Waals surface area (Å²) < 4.78 is 27.7. The van der Waals surface area contributed by atoms with E-state index < -0.39 is 10.0 Å². The number of nitrogens with zero attached hydrogens (tertiary/aromatic N) is 2. The van der Waals surface area contributed by atoms with Gasteiger partial charge < -0.3 is 4.90 Å². The largest absolute Gasteiger partial charge is 0.377 e. The Morgan fingerprint density at radius 2 is 1.61 bits per heavy atom. The quantitative estimate of drug-likeness (QED) is 0.775. The van der Waals surface area contributed by atoms with Gasteiger partial charge in [-0.25, -0.2) is 8.42 Å². The maximum Gasteiger partial charge on any atom is 0.243 e. The van der Waals surface area contributed by atoms with E-state index in [1.54, 1.807) is 10.4 Å². The van der Waals surface area contributed by atoms with Crippen molar-refractivity contribution in [1.82, 2.24) is 4.31 Å². The van der Waals surface area contributed by atoms with Crippen LogP contribution in [0.2, 0.25) is 0 Å². The summed E-state index contributed by atoms with van der Waals surface area (Å²) >= 11 is 0. The zero-order valence-corrected chi connectivity index (χ0v) is 15.2. The van der Waals surface area contributed by atoms with Gasteiger partial charge in [0.15, 0.2) is 0 Å². The van der Waals surface area contributed by atoms with Crippen molar-refractivity contribution in [2.24, 2.45) is 0 Å². The van der Waals surface area contributed by atoms with Crippen LogP contribution in [0, 0.1) is 0 Å². The normalized spacial score (nSPS) is 12.0. The number of unbranched alkanes of at least 4 members (excludes halogenated alkanes) is 1. The van der Waals surface area contributed by atoms with Crippen molar-refractivity contribution in [2.75, 3.05) is 32.1 Å². The average molecular weight is 334 g/mol. The average Bonchev–Trinajstić information content (AvgIpc) is 2.54. The molecule has 23 heavy (non-hydrogen) atoms. The molecule has 0 aliphatic heterocycles. The van der Waals surface area contributed by atoms with Gasteiger partial charge in [-0.15, -0.1) is 0 Å². The number of anilines is 1. The maximum atomic E-state index is 13.1. The first kappa shape index (κ1) is 17.8. The van der Waals surface area contributed by atoms with Crippen LogP contribution in [0.4, 0.5) is 5.69 Å². The van der Waals surface area contributed by atoms with E-state index in [1.807, 2.05) is 56.3 Å². The highest BCUT2D eigenvalue weighted by molar-refractivity contribution is 7.89. The van der Waals surface area contributed by atoms with E-state index in [2.05, 4.69) is 6.92 Å². The molecule has 0 N–H and O–H groups in total. The van der Waals surface area contributed by atoms with Crippen molar-refractivity contribution >= 4 is 26.5 Å². The van der Waals surface area contributed by atoms with Crippen LogP contribution in [-0.2, 0) is 10.0 Å². The Balaban J connectivity index is 2.61. The molecule has 0 fully saturated rings. The highest BCUT2D eigenvalue weighted by atomic mass is 32.2. The molecule has 0 bridgehead atoms. The molecule has 0 unspecified atom stereocenters. The summed E-state index contributed by atoms with van der Waals surface area (Å²) in [5.41, 5.74) is 1.02. The second-order valence-corrected chi connectivity index (χ2v) is 7.78. The van der Waals surface area contributed by atoms with Crippen LogP contribution < -0.4 is 4.90 Å². The van der Waals surface area contributed by atoms with E-state index in [9.17, 15) is 8.42 Å². The smallest absolute Gasteiger partial charge is 0.243 e. The lowest BCUT2D eigenvalue weighted by Gasteiger charge is -2.22. The lowest BCUT2D eigenvalue weighted by molar-refractivity contribution is 0.419. The Labute approximate surface area is 139 Å². The van der Waals surface area contributed by atoms with Gasteiger partial charge in [-0.1, -0.05) is 44.5 Å². The van der Waals surface area contributed by atoms with Crippen LogP contribution in [0.3, 0.4) is 0 Å². The molecule has 0 amide bonds. The van der Waals surface area contributed by atoms with Gasteiger partial charge in [-0.3, -0.25) is 0 Å². The molecule has 0 aromatic heterocycles. The second kappa shape index (κ2) is 7.32. The molecule has 126 valence electrons. The molecular formula is C18H26N2O2S. The zero-order valence-electron chi connectivity index (χ0n) is 14.4. The number of hydrogen-bond acceptors (Lipinski definition) is 3. The maximum absolute atomic E-state index is 13.1. The van der Waals surface area contributed by atoms with Gasteiger partial charge in [0.1, 0.15) is 0 Å². The lowest BCUT2D eigenvalue weighted by Crippen LogP contribution is -2.32. The molecular weight excluding hydrogens is 308 g/mol. The van der Waals surface area contributed by atoms with Gasteiger partial charge in [-0.05, 0) is 18.6 Å². The SMILES string of the molecule is CCCCN(CC)S(=O)(=O)c1cccc2c(N(C)C)cccc12. The van der Waals surface area contributed by atoms with Gasteiger partial charge in [-0.2, -0.15) is 4.31 Å². The molecule has 2 aromatic carbocycles. The van der Waals surface area contributed by atoms with E-state index in [-0.39, 0.29) is 0 Å². The molecule has 4 nitrogen and oxygen atoms in total. The van der Waals surface area contributed by atoms with E-state index in [1.165, 1.54) is 0 Å². The monoisotopic (exact) mass is 334 g/mol. The third kappa shape index (κ3) is 3.51. The lowest BCUT2D eigenvalue weighted by atomic mass is 10.1. The Bertz CT molecular complexity index is 770. The summed E-state index contributed by atoms with van der Waals surface area (Å²) in [6.45, 7) is 5.02. The summed E-state index contributed by atoms with van der Waals surface area (Å²) in [6.07, 6.45) is 1.85. The van der Waals surface area contributed by atoms with Crippen LogP contribution in [0.25, 0.3) is 10.8 Å². The van der Waals surface area contributed by atoms with Crippen LogP contribution in [0.5, 0.6) is 0 Å². The number of fused-ring (bicyclic) bond motifs is 1. The number of rotatable bonds is 7. The highest BCUT2D eigenvalue weighted by Gasteiger charge is 2.24. The summed E-state index contributed by atoms with van der Waals surface area (Å²) in [6, 6.07) is 11.3. The summed E-state index contributed by atoms with van der Waals surface area (Å²) in [7, 11) is 0.458.